The molecule has 0 amide bonds. The van der Waals surface area contributed by atoms with Crippen LogP contribution in [0, 0.1) is 5.41 Å². The molecule has 1 atom stereocenters. The van der Waals surface area contributed by atoms with Gasteiger partial charge in [0.05, 0.1) is 0 Å². The summed E-state index contributed by atoms with van der Waals surface area (Å²) >= 11 is 0. The van der Waals surface area contributed by atoms with E-state index in [0.717, 1.165) is 17.6 Å². The van der Waals surface area contributed by atoms with Crippen LogP contribution in [0.2, 0.25) is 0 Å². The Kier molecular flexibility index (Phi) is 6.59. The molecular formula is C37H24B4O4. The van der Waals surface area contributed by atoms with Gasteiger partial charge >= 0.3 is 0 Å². The van der Waals surface area contributed by atoms with Gasteiger partial charge in [-0.3, -0.25) is 0 Å². The number of benzene rings is 5. The highest BCUT2D eigenvalue weighted by molar-refractivity contribution is 6.56. The second-order valence-electron chi connectivity index (χ2n) is 11.8. The summed E-state index contributed by atoms with van der Waals surface area (Å²) in [6, 6.07) is 16.7. The van der Waals surface area contributed by atoms with Crippen LogP contribution in [-0.2, 0) is 0 Å². The van der Waals surface area contributed by atoms with E-state index in [1.165, 1.54) is 5.57 Å². The van der Waals surface area contributed by atoms with E-state index in [2.05, 4.69) is 37.3 Å². The van der Waals surface area contributed by atoms with Gasteiger partial charge in [0.25, 0.3) is 0 Å². The van der Waals surface area contributed by atoms with Crippen LogP contribution in [0.15, 0.2) is 96.6 Å². The first-order valence-corrected chi connectivity index (χ1v) is 14.5. The number of hydrogen-bond acceptors (Lipinski definition) is 4. The van der Waals surface area contributed by atoms with Gasteiger partial charge in [-0.2, -0.15) is 0 Å². The lowest BCUT2D eigenvalue weighted by Gasteiger charge is -2.32. The number of phenolic OH excluding ortho intramolecular Hbond substituents is 4. The van der Waals surface area contributed by atoms with Crippen LogP contribution in [0.3, 0.4) is 0 Å². The van der Waals surface area contributed by atoms with E-state index >= 15 is 0 Å². The molecule has 8 heteroatoms. The van der Waals surface area contributed by atoms with Crippen molar-refractivity contribution in [2.45, 2.75) is 13.3 Å². The van der Waals surface area contributed by atoms with Crippen LogP contribution in [0.5, 0.6) is 23.0 Å². The zero-order chi connectivity index (χ0) is 31.8. The molecule has 0 aromatic heterocycles. The predicted molar refractivity (Wildman–Crippen MR) is 188 cm³/mol. The quantitative estimate of drug-likeness (QED) is 0.113. The molecule has 0 aliphatic heterocycles. The van der Waals surface area contributed by atoms with E-state index in [-0.39, 0.29) is 60.3 Å². The fourth-order valence-corrected chi connectivity index (χ4v) is 6.68. The second-order valence-corrected chi connectivity index (χ2v) is 11.8. The molecule has 2 aliphatic carbocycles. The van der Waals surface area contributed by atoms with Crippen LogP contribution in [0.4, 0.5) is 0 Å². The highest BCUT2D eigenvalue weighted by atomic mass is 16.3. The average molecular weight is 576 g/mol. The third kappa shape index (κ3) is 4.19. The van der Waals surface area contributed by atoms with Gasteiger partial charge in [0.1, 0.15) is 54.4 Å². The molecule has 7 rings (SSSR count). The second kappa shape index (κ2) is 10.3. The Morgan fingerprint density at radius 1 is 0.600 bits per heavy atom. The van der Waals surface area contributed by atoms with Crippen molar-refractivity contribution in [3.05, 3.63) is 102 Å². The molecular weight excluding hydrogens is 552 g/mol. The van der Waals surface area contributed by atoms with Crippen LogP contribution < -0.4 is 21.9 Å². The Labute approximate surface area is 266 Å². The minimum Gasteiger partial charge on any atom is -0.508 e. The first kappa shape index (κ1) is 28.8. The Morgan fingerprint density at radius 3 is 1.78 bits per heavy atom. The summed E-state index contributed by atoms with van der Waals surface area (Å²) in [5, 5.41) is 46.0. The third-order valence-corrected chi connectivity index (χ3v) is 9.16. The van der Waals surface area contributed by atoms with Gasteiger partial charge in [-0.05, 0) is 62.0 Å². The van der Waals surface area contributed by atoms with Gasteiger partial charge in [0.2, 0.25) is 0 Å². The fraction of sp³-hybridized carbons (Fsp3) is 0.0811. The number of aromatic hydroxyl groups is 4. The molecule has 2 aliphatic rings. The minimum absolute atomic E-state index is 0.0815. The van der Waals surface area contributed by atoms with Crippen molar-refractivity contribution in [1.29, 1.82) is 0 Å². The van der Waals surface area contributed by atoms with Crippen molar-refractivity contribution in [3.8, 4) is 45.3 Å². The highest BCUT2D eigenvalue weighted by Crippen LogP contribution is 2.49. The molecule has 8 radical (unpaired) electrons. The Hall–Kier alpha value is -4.96. The largest absolute Gasteiger partial charge is 0.508 e. The van der Waals surface area contributed by atoms with Crippen molar-refractivity contribution in [2.75, 3.05) is 0 Å². The summed E-state index contributed by atoms with van der Waals surface area (Å²) in [6.07, 6.45) is 13.6. The molecule has 0 heterocycles. The van der Waals surface area contributed by atoms with Crippen LogP contribution in [0.1, 0.15) is 18.9 Å². The number of rotatable bonds is 3. The maximum atomic E-state index is 11.7. The van der Waals surface area contributed by atoms with Crippen molar-refractivity contribution in [1.82, 2.24) is 0 Å². The van der Waals surface area contributed by atoms with Gasteiger partial charge in [-0.1, -0.05) is 103 Å². The van der Waals surface area contributed by atoms with Gasteiger partial charge in [0, 0.05) is 27.3 Å². The van der Waals surface area contributed by atoms with E-state index in [0.29, 0.717) is 22.3 Å². The zero-order valence-corrected chi connectivity index (χ0v) is 24.5. The lowest BCUT2D eigenvalue weighted by molar-refractivity contribution is 0.410. The van der Waals surface area contributed by atoms with E-state index in [4.69, 9.17) is 31.4 Å². The Balaban J connectivity index is 1.64. The molecule has 45 heavy (non-hydrogen) atoms. The van der Waals surface area contributed by atoms with E-state index in [1.807, 2.05) is 36.4 Å². The summed E-state index contributed by atoms with van der Waals surface area (Å²) in [4.78, 5) is 0. The number of phenols is 4. The predicted octanol–water partition coefficient (Wildman–Crippen LogP) is 4.17. The maximum Gasteiger partial charge on any atom is 0.150 e. The van der Waals surface area contributed by atoms with E-state index in [1.54, 1.807) is 24.3 Å². The third-order valence-electron chi connectivity index (χ3n) is 9.16. The van der Waals surface area contributed by atoms with Gasteiger partial charge in [-0.25, -0.2) is 0 Å². The number of allylic oxidation sites excluding steroid dienone is 8. The van der Waals surface area contributed by atoms with Crippen molar-refractivity contribution >= 4 is 80.4 Å². The van der Waals surface area contributed by atoms with Crippen molar-refractivity contribution in [3.63, 3.8) is 0 Å². The maximum absolute atomic E-state index is 11.7. The van der Waals surface area contributed by atoms with E-state index < -0.39 is 11.5 Å². The fourth-order valence-electron chi connectivity index (χ4n) is 6.68. The van der Waals surface area contributed by atoms with Gasteiger partial charge in [-0.15, -0.1) is 0 Å². The van der Waals surface area contributed by atoms with Gasteiger partial charge in [0.15, 0.2) is 0 Å². The first-order chi connectivity index (χ1) is 21.5. The SMILES string of the molecule is [B]c1c([B])c(O)c2c(-c3cccc(C4=CCC5(C)C=CC=CC5=C4)c3)c3c([B])c(O)c(O)c([B])c3c(-c3ccccc3)c2c1O. The summed E-state index contributed by atoms with van der Waals surface area (Å²) in [5.74, 6) is -1.92. The molecule has 0 bridgehead atoms. The van der Waals surface area contributed by atoms with Crippen molar-refractivity contribution in [2.24, 2.45) is 5.41 Å². The lowest BCUT2D eigenvalue weighted by Crippen LogP contribution is -2.27. The first-order valence-electron chi connectivity index (χ1n) is 14.5. The molecule has 0 saturated heterocycles. The minimum atomic E-state index is -0.598. The summed E-state index contributed by atoms with van der Waals surface area (Å²) in [5.41, 5.74) is 4.22. The molecule has 5 aromatic rings. The van der Waals surface area contributed by atoms with Crippen LogP contribution in [-0.4, -0.2) is 51.8 Å². The van der Waals surface area contributed by atoms with Gasteiger partial charge < -0.3 is 20.4 Å². The standard InChI is InChI=1S/C37H24B4O4/c1-37-14-6-5-12-22(37)17-20(13-15-37)19-10-7-11-21(16-19)24-26-25(29(38)35(44)36(45)30(26)39)23(18-8-3-2-4-9-18)27-28(24)34(43)32(41)31(40)33(27)42/h2-14,16-17,42-45H,15H2,1H3. The topological polar surface area (TPSA) is 80.9 Å². The zero-order valence-electron chi connectivity index (χ0n) is 24.5. The average Bonchev–Trinajstić information content (AvgIpc) is 3.06. The Bertz CT molecular complexity index is 2150. The Morgan fingerprint density at radius 2 is 1.16 bits per heavy atom. The molecule has 0 fully saturated rings. The molecule has 0 saturated carbocycles. The van der Waals surface area contributed by atoms with E-state index in [9.17, 15) is 20.4 Å². The highest BCUT2D eigenvalue weighted by Gasteiger charge is 2.30. The summed E-state index contributed by atoms with van der Waals surface area (Å²) in [6.45, 7) is 2.20. The lowest BCUT2D eigenvalue weighted by atomic mass is 9.70. The molecule has 4 N–H and O–H groups in total. The van der Waals surface area contributed by atoms with Crippen LogP contribution in [0.25, 0.3) is 49.4 Å². The molecule has 5 aromatic carbocycles. The molecule has 1 unspecified atom stereocenters. The summed E-state index contributed by atoms with van der Waals surface area (Å²) < 4.78 is 0. The van der Waals surface area contributed by atoms with Crippen LogP contribution >= 0.6 is 0 Å². The smallest absolute Gasteiger partial charge is 0.150 e. The molecule has 4 nitrogen and oxygen atoms in total. The molecule has 0 spiro atoms. The monoisotopic (exact) mass is 576 g/mol. The number of fused-ring (bicyclic) bond motifs is 3. The normalized spacial score (nSPS) is 17.4. The summed E-state index contributed by atoms with van der Waals surface area (Å²) in [7, 11) is 25.6. The number of hydrogen-bond donors (Lipinski definition) is 4. The molecule has 208 valence electrons. The van der Waals surface area contributed by atoms with Crippen molar-refractivity contribution < 1.29 is 20.4 Å².